The van der Waals surface area contributed by atoms with Crippen LogP contribution in [0.3, 0.4) is 0 Å². The van der Waals surface area contributed by atoms with Crippen molar-refractivity contribution < 1.29 is 17.9 Å². The second kappa shape index (κ2) is 8.27. The summed E-state index contributed by atoms with van der Waals surface area (Å²) in [5.41, 5.74) is 0.698. The van der Waals surface area contributed by atoms with E-state index < -0.39 is 16.1 Å². The fourth-order valence-corrected chi connectivity index (χ4v) is 4.45. The standard InChI is InChI=1S/C16H20N2O4S2/c1-3-13(18-24(20,21)16-9-6-10-23-16)12-7-4-5-8-14(12)22-11-15(19)17-2/h4-10,13,18H,3,11H2,1-2H3,(H,17,19)/t13-/m0/s1. The molecule has 2 rings (SSSR count). The Labute approximate surface area is 145 Å². The number of thiophene rings is 1. The Bertz CT molecular complexity index is 773. The van der Waals surface area contributed by atoms with Crippen LogP contribution in [0.2, 0.25) is 0 Å². The Hall–Kier alpha value is -1.90. The molecule has 0 saturated carbocycles. The normalized spacial score (nSPS) is 12.6. The molecule has 0 fully saturated rings. The first-order valence-corrected chi connectivity index (χ1v) is 9.82. The molecular weight excluding hydrogens is 348 g/mol. The summed E-state index contributed by atoms with van der Waals surface area (Å²) in [6.07, 6.45) is 0.547. The third-order valence-corrected chi connectivity index (χ3v) is 6.27. The van der Waals surface area contributed by atoms with Crippen LogP contribution in [0.5, 0.6) is 5.75 Å². The van der Waals surface area contributed by atoms with Crippen molar-refractivity contribution in [2.45, 2.75) is 23.6 Å². The maximum atomic E-state index is 12.5. The highest BCUT2D eigenvalue weighted by molar-refractivity contribution is 7.91. The van der Waals surface area contributed by atoms with Crippen molar-refractivity contribution >= 4 is 27.3 Å². The van der Waals surface area contributed by atoms with E-state index in [-0.39, 0.29) is 16.7 Å². The number of nitrogens with one attached hydrogen (secondary N) is 2. The predicted octanol–water partition coefficient (Wildman–Crippen LogP) is 2.30. The molecule has 0 aliphatic heterocycles. The lowest BCUT2D eigenvalue weighted by Crippen LogP contribution is -2.29. The van der Waals surface area contributed by atoms with E-state index in [0.717, 1.165) is 11.3 Å². The number of hydrogen-bond acceptors (Lipinski definition) is 5. The number of likely N-dealkylation sites (N-methyl/N-ethyl adjacent to an activating group) is 1. The van der Waals surface area contributed by atoms with Gasteiger partial charge in [-0.1, -0.05) is 31.2 Å². The maximum absolute atomic E-state index is 12.5. The SMILES string of the molecule is CC[C@H](NS(=O)(=O)c1cccs1)c1ccccc1OCC(=O)NC. The zero-order valence-electron chi connectivity index (χ0n) is 13.5. The Morgan fingerprint density at radius 3 is 2.62 bits per heavy atom. The molecule has 1 aromatic carbocycles. The number of hydrogen-bond donors (Lipinski definition) is 2. The molecule has 1 amide bonds. The first-order valence-electron chi connectivity index (χ1n) is 7.46. The topological polar surface area (TPSA) is 84.5 Å². The lowest BCUT2D eigenvalue weighted by Gasteiger charge is -2.20. The van der Waals surface area contributed by atoms with Crippen molar-refractivity contribution in [3.05, 3.63) is 47.3 Å². The zero-order chi connectivity index (χ0) is 17.6. The van der Waals surface area contributed by atoms with Crippen LogP contribution in [0, 0.1) is 0 Å². The van der Waals surface area contributed by atoms with Gasteiger partial charge < -0.3 is 10.1 Å². The van der Waals surface area contributed by atoms with Gasteiger partial charge in [0.25, 0.3) is 15.9 Å². The lowest BCUT2D eigenvalue weighted by molar-refractivity contribution is -0.122. The highest BCUT2D eigenvalue weighted by Crippen LogP contribution is 2.29. The predicted molar refractivity (Wildman–Crippen MR) is 93.7 cm³/mol. The maximum Gasteiger partial charge on any atom is 0.257 e. The summed E-state index contributed by atoms with van der Waals surface area (Å²) in [5, 5.41) is 4.20. The van der Waals surface area contributed by atoms with Crippen LogP contribution >= 0.6 is 11.3 Å². The van der Waals surface area contributed by atoms with Gasteiger partial charge in [0.2, 0.25) is 0 Å². The summed E-state index contributed by atoms with van der Waals surface area (Å²) < 4.78 is 33.4. The molecule has 0 saturated heterocycles. The summed E-state index contributed by atoms with van der Waals surface area (Å²) in [6, 6.07) is 9.92. The highest BCUT2D eigenvalue weighted by atomic mass is 32.2. The van der Waals surface area contributed by atoms with E-state index in [2.05, 4.69) is 10.0 Å². The van der Waals surface area contributed by atoms with E-state index in [4.69, 9.17) is 4.74 Å². The van der Waals surface area contributed by atoms with Gasteiger partial charge in [0.05, 0.1) is 6.04 Å². The molecule has 1 aromatic heterocycles. The molecule has 0 spiro atoms. The summed E-state index contributed by atoms with van der Waals surface area (Å²) in [5.74, 6) is 0.235. The Morgan fingerprint density at radius 2 is 2.00 bits per heavy atom. The molecular formula is C16H20N2O4S2. The third-order valence-electron chi connectivity index (χ3n) is 3.40. The average Bonchev–Trinajstić information content (AvgIpc) is 3.13. The third kappa shape index (κ3) is 4.56. The number of benzene rings is 1. The second-order valence-electron chi connectivity index (χ2n) is 5.01. The molecule has 24 heavy (non-hydrogen) atoms. The number of rotatable bonds is 8. The van der Waals surface area contributed by atoms with Crippen molar-refractivity contribution in [3.63, 3.8) is 0 Å². The molecule has 2 aromatic rings. The van der Waals surface area contributed by atoms with Gasteiger partial charge in [-0.15, -0.1) is 11.3 Å². The number of carbonyl (C=O) groups is 1. The smallest absolute Gasteiger partial charge is 0.257 e. The fourth-order valence-electron chi connectivity index (χ4n) is 2.14. The average molecular weight is 368 g/mol. The molecule has 0 aliphatic rings. The minimum Gasteiger partial charge on any atom is -0.483 e. The summed E-state index contributed by atoms with van der Waals surface area (Å²) in [4.78, 5) is 11.4. The molecule has 6 nitrogen and oxygen atoms in total. The van der Waals surface area contributed by atoms with Crippen LogP contribution in [-0.2, 0) is 14.8 Å². The van der Waals surface area contributed by atoms with E-state index in [1.807, 2.05) is 13.0 Å². The molecule has 0 bridgehead atoms. The molecule has 0 unspecified atom stereocenters. The molecule has 0 radical (unpaired) electrons. The molecule has 2 N–H and O–H groups in total. The van der Waals surface area contributed by atoms with Gasteiger partial charge >= 0.3 is 0 Å². The van der Waals surface area contributed by atoms with Crippen LogP contribution in [0.4, 0.5) is 0 Å². The zero-order valence-corrected chi connectivity index (χ0v) is 15.1. The monoisotopic (exact) mass is 368 g/mol. The number of ether oxygens (including phenoxy) is 1. The van der Waals surface area contributed by atoms with Crippen molar-refractivity contribution in [3.8, 4) is 5.75 Å². The van der Waals surface area contributed by atoms with Crippen LogP contribution in [0.1, 0.15) is 24.9 Å². The van der Waals surface area contributed by atoms with Crippen molar-refractivity contribution in [2.24, 2.45) is 0 Å². The Kier molecular flexibility index (Phi) is 6.36. The second-order valence-corrected chi connectivity index (χ2v) is 7.90. The molecule has 1 atom stereocenters. The van der Waals surface area contributed by atoms with Crippen LogP contribution in [-0.4, -0.2) is 28.0 Å². The fraction of sp³-hybridized carbons (Fsp3) is 0.312. The first kappa shape index (κ1) is 18.4. The molecule has 8 heteroatoms. The number of amides is 1. The first-order chi connectivity index (χ1) is 11.5. The Balaban J connectivity index is 2.23. The van der Waals surface area contributed by atoms with Gasteiger partial charge in [-0.3, -0.25) is 4.79 Å². The van der Waals surface area contributed by atoms with Gasteiger partial charge in [-0.05, 0) is 23.9 Å². The van der Waals surface area contributed by atoms with Crippen molar-refractivity contribution in [2.75, 3.05) is 13.7 Å². The van der Waals surface area contributed by atoms with E-state index in [1.54, 1.807) is 35.7 Å². The summed E-state index contributed by atoms with van der Waals surface area (Å²) >= 11 is 1.16. The Morgan fingerprint density at radius 1 is 1.25 bits per heavy atom. The van der Waals surface area contributed by atoms with Crippen molar-refractivity contribution in [1.29, 1.82) is 0 Å². The van der Waals surface area contributed by atoms with Crippen LogP contribution in [0.25, 0.3) is 0 Å². The van der Waals surface area contributed by atoms with E-state index in [0.29, 0.717) is 17.7 Å². The van der Waals surface area contributed by atoms with Gasteiger partial charge in [0.15, 0.2) is 6.61 Å². The number of carbonyl (C=O) groups excluding carboxylic acids is 1. The molecule has 0 aliphatic carbocycles. The highest BCUT2D eigenvalue weighted by Gasteiger charge is 2.23. The minimum atomic E-state index is -3.60. The van der Waals surface area contributed by atoms with Crippen molar-refractivity contribution in [1.82, 2.24) is 10.0 Å². The minimum absolute atomic E-state index is 0.123. The molecule has 130 valence electrons. The van der Waals surface area contributed by atoms with Crippen LogP contribution in [0.15, 0.2) is 46.0 Å². The van der Waals surface area contributed by atoms with E-state index in [9.17, 15) is 13.2 Å². The summed E-state index contributed by atoms with van der Waals surface area (Å²) in [7, 11) is -2.07. The molecule has 1 heterocycles. The van der Waals surface area contributed by atoms with E-state index >= 15 is 0 Å². The number of sulfonamides is 1. The van der Waals surface area contributed by atoms with Gasteiger partial charge in [0, 0.05) is 12.6 Å². The van der Waals surface area contributed by atoms with Gasteiger partial charge in [0.1, 0.15) is 9.96 Å². The van der Waals surface area contributed by atoms with Gasteiger partial charge in [-0.2, -0.15) is 0 Å². The van der Waals surface area contributed by atoms with Gasteiger partial charge in [-0.25, -0.2) is 13.1 Å². The van der Waals surface area contributed by atoms with E-state index in [1.165, 1.54) is 7.05 Å². The summed E-state index contributed by atoms with van der Waals surface area (Å²) in [6.45, 7) is 1.76. The lowest BCUT2D eigenvalue weighted by atomic mass is 10.0. The quantitative estimate of drug-likeness (QED) is 0.749. The largest absolute Gasteiger partial charge is 0.483 e. The van der Waals surface area contributed by atoms with Crippen LogP contribution < -0.4 is 14.8 Å². The number of para-hydroxylation sites is 1.